The first kappa shape index (κ1) is 23.3. The summed E-state index contributed by atoms with van der Waals surface area (Å²) in [6.07, 6.45) is 0.270. The topological polar surface area (TPSA) is 61.4 Å². The van der Waals surface area contributed by atoms with E-state index in [0.29, 0.717) is 32.5 Å². The Balaban J connectivity index is 1.41. The smallest absolute Gasteiger partial charge is 0.317 e. The normalized spacial score (nSPS) is 21.2. The zero-order chi connectivity index (χ0) is 23.8. The van der Waals surface area contributed by atoms with Gasteiger partial charge in [0.2, 0.25) is 5.92 Å². The molecule has 33 heavy (non-hydrogen) atoms. The lowest BCUT2D eigenvalue weighted by Gasteiger charge is -2.41. The van der Waals surface area contributed by atoms with Gasteiger partial charge in [-0.3, -0.25) is 0 Å². The Morgan fingerprint density at radius 3 is 2.36 bits per heavy atom. The third kappa shape index (κ3) is 5.07. The van der Waals surface area contributed by atoms with Crippen LogP contribution < -0.4 is 10.2 Å². The quantitative estimate of drug-likeness (QED) is 0.720. The number of urea groups is 1. The molecule has 2 amide bonds. The Kier molecular flexibility index (Phi) is 6.50. The van der Waals surface area contributed by atoms with Crippen molar-refractivity contribution in [2.24, 2.45) is 0 Å². The average molecular weight is 462 g/mol. The highest BCUT2D eigenvalue weighted by molar-refractivity contribution is 5.75. The van der Waals surface area contributed by atoms with Gasteiger partial charge in [0.25, 0.3) is 0 Å². The molecule has 6 nitrogen and oxygen atoms in total. The largest absolute Gasteiger partial charge is 0.349 e. The van der Waals surface area contributed by atoms with Crippen molar-refractivity contribution in [2.75, 3.05) is 24.5 Å². The van der Waals surface area contributed by atoms with E-state index in [2.05, 4.69) is 20.4 Å². The zero-order valence-corrected chi connectivity index (χ0v) is 19.2. The number of carbonyl (C=O) groups is 1. The van der Waals surface area contributed by atoms with Gasteiger partial charge in [-0.25, -0.2) is 18.0 Å². The van der Waals surface area contributed by atoms with Crippen LogP contribution in [0.1, 0.15) is 43.7 Å². The molecule has 178 valence electrons. The Morgan fingerprint density at radius 2 is 1.73 bits per heavy atom. The molecule has 2 heterocycles. The molecule has 1 N–H and O–H groups in total. The van der Waals surface area contributed by atoms with E-state index in [9.17, 15) is 18.0 Å². The van der Waals surface area contributed by atoms with Gasteiger partial charge in [0, 0.05) is 50.1 Å². The van der Waals surface area contributed by atoms with Gasteiger partial charge in [-0.05, 0) is 69.0 Å². The summed E-state index contributed by atoms with van der Waals surface area (Å²) >= 11 is 0. The molecule has 1 aliphatic carbocycles. The van der Waals surface area contributed by atoms with Crippen molar-refractivity contribution in [3.63, 3.8) is 0 Å². The number of benzene rings is 1. The summed E-state index contributed by atoms with van der Waals surface area (Å²) in [4.78, 5) is 16.6. The molecule has 9 heteroatoms. The first-order valence-electron chi connectivity index (χ1n) is 11.4. The molecule has 1 aromatic carbocycles. The molecule has 1 saturated carbocycles. The Labute approximate surface area is 192 Å². The highest BCUT2D eigenvalue weighted by atomic mass is 19.3. The van der Waals surface area contributed by atoms with Crippen LogP contribution in [0.3, 0.4) is 0 Å². The molecule has 1 saturated heterocycles. The Morgan fingerprint density at radius 1 is 1.06 bits per heavy atom. The van der Waals surface area contributed by atoms with E-state index >= 15 is 0 Å². The summed E-state index contributed by atoms with van der Waals surface area (Å²) < 4.78 is 40.0. The standard InChI is InChI=1S/C24H30F3N5O/c1-15-14-31(23(33)28-20-8-10-24(26,27)11-9-20)12-13-32(15)22-17(3)16(2)21(29-30-22)18-4-6-19(25)7-5-18/h4-7,15,20H,8-14H2,1-3H3,(H,28,33)/t15-/m0/s1. The first-order valence-corrected chi connectivity index (χ1v) is 11.4. The lowest BCUT2D eigenvalue weighted by molar-refractivity contribution is -0.0398. The maximum atomic E-state index is 13.4. The molecule has 2 aromatic rings. The maximum Gasteiger partial charge on any atom is 0.317 e. The number of hydrogen-bond acceptors (Lipinski definition) is 4. The summed E-state index contributed by atoms with van der Waals surface area (Å²) in [5.41, 5.74) is 3.51. The predicted octanol–water partition coefficient (Wildman–Crippen LogP) is 4.70. The molecule has 1 aromatic heterocycles. The molecule has 0 spiro atoms. The van der Waals surface area contributed by atoms with Gasteiger partial charge < -0.3 is 15.1 Å². The second-order valence-corrected chi connectivity index (χ2v) is 9.20. The summed E-state index contributed by atoms with van der Waals surface area (Å²) in [6.45, 7) is 7.63. The lowest BCUT2D eigenvalue weighted by Crippen LogP contribution is -2.57. The van der Waals surface area contributed by atoms with Crippen molar-refractivity contribution in [3.05, 3.63) is 41.2 Å². The monoisotopic (exact) mass is 461 g/mol. The number of nitrogens with one attached hydrogen (secondary N) is 1. The van der Waals surface area contributed by atoms with Crippen molar-refractivity contribution in [3.8, 4) is 11.3 Å². The predicted molar refractivity (Wildman–Crippen MR) is 121 cm³/mol. The molecule has 4 rings (SSSR count). The number of carbonyl (C=O) groups excluding carboxylic acids is 1. The minimum Gasteiger partial charge on any atom is -0.349 e. The van der Waals surface area contributed by atoms with Crippen molar-refractivity contribution in [2.45, 2.75) is 64.5 Å². The van der Waals surface area contributed by atoms with Crippen LogP contribution in [0.25, 0.3) is 11.3 Å². The highest BCUT2D eigenvalue weighted by Gasteiger charge is 2.36. The molecule has 1 aliphatic heterocycles. The van der Waals surface area contributed by atoms with Crippen LogP contribution in [0.15, 0.2) is 24.3 Å². The van der Waals surface area contributed by atoms with Crippen molar-refractivity contribution < 1.29 is 18.0 Å². The molecule has 1 atom stereocenters. The molecule has 0 bridgehead atoms. The zero-order valence-electron chi connectivity index (χ0n) is 19.2. The van der Waals surface area contributed by atoms with Gasteiger partial charge in [0.05, 0.1) is 5.69 Å². The number of anilines is 1. The van der Waals surface area contributed by atoms with Crippen molar-refractivity contribution >= 4 is 11.8 Å². The van der Waals surface area contributed by atoms with Gasteiger partial charge >= 0.3 is 6.03 Å². The fourth-order valence-electron chi connectivity index (χ4n) is 4.65. The highest BCUT2D eigenvalue weighted by Crippen LogP contribution is 2.33. The van der Waals surface area contributed by atoms with E-state index in [1.54, 1.807) is 17.0 Å². The first-order chi connectivity index (χ1) is 15.6. The van der Waals surface area contributed by atoms with E-state index in [1.165, 1.54) is 12.1 Å². The van der Waals surface area contributed by atoms with Crippen LogP contribution in [0.4, 0.5) is 23.8 Å². The molecule has 0 unspecified atom stereocenters. The van der Waals surface area contributed by atoms with Crippen LogP contribution in [0.2, 0.25) is 0 Å². The van der Waals surface area contributed by atoms with Gasteiger partial charge in [-0.1, -0.05) is 0 Å². The number of alkyl halides is 2. The van der Waals surface area contributed by atoms with E-state index in [4.69, 9.17) is 0 Å². The fourth-order valence-corrected chi connectivity index (χ4v) is 4.65. The van der Waals surface area contributed by atoms with Crippen LogP contribution in [-0.4, -0.2) is 58.8 Å². The van der Waals surface area contributed by atoms with E-state index in [0.717, 1.165) is 28.2 Å². The van der Waals surface area contributed by atoms with Gasteiger partial charge in [-0.2, -0.15) is 0 Å². The van der Waals surface area contributed by atoms with Crippen LogP contribution >= 0.6 is 0 Å². The maximum absolute atomic E-state index is 13.4. The third-order valence-electron chi connectivity index (χ3n) is 6.85. The molecule has 2 aliphatic rings. The summed E-state index contributed by atoms with van der Waals surface area (Å²) in [6, 6.07) is 5.83. The van der Waals surface area contributed by atoms with E-state index < -0.39 is 5.92 Å². The number of nitrogens with zero attached hydrogens (tertiary/aromatic N) is 4. The van der Waals surface area contributed by atoms with Crippen LogP contribution in [-0.2, 0) is 0 Å². The molecular weight excluding hydrogens is 431 g/mol. The van der Waals surface area contributed by atoms with Gasteiger partial charge in [0.15, 0.2) is 5.82 Å². The third-order valence-corrected chi connectivity index (χ3v) is 6.85. The molecular formula is C24H30F3N5O. The van der Waals surface area contributed by atoms with Crippen molar-refractivity contribution in [1.29, 1.82) is 0 Å². The van der Waals surface area contributed by atoms with E-state index in [-0.39, 0.29) is 36.8 Å². The van der Waals surface area contributed by atoms with Gasteiger partial charge in [0.1, 0.15) is 5.82 Å². The second kappa shape index (κ2) is 9.19. The van der Waals surface area contributed by atoms with Gasteiger partial charge in [-0.15, -0.1) is 10.2 Å². The number of hydrogen-bond donors (Lipinski definition) is 1. The Bertz CT molecular complexity index is 1000. The summed E-state index contributed by atoms with van der Waals surface area (Å²) in [5, 5.41) is 11.8. The summed E-state index contributed by atoms with van der Waals surface area (Å²) in [5.74, 6) is -2.12. The SMILES string of the molecule is Cc1c(-c2ccc(F)cc2)nnc(N2CCN(C(=O)NC3CCC(F)(F)CC3)C[C@@H]2C)c1C. The minimum absolute atomic E-state index is 0.0178. The van der Waals surface area contributed by atoms with Crippen LogP contribution in [0, 0.1) is 19.7 Å². The summed E-state index contributed by atoms with van der Waals surface area (Å²) in [7, 11) is 0. The minimum atomic E-state index is -2.61. The number of aromatic nitrogens is 2. The second-order valence-electron chi connectivity index (χ2n) is 9.20. The van der Waals surface area contributed by atoms with E-state index in [1.807, 2.05) is 20.8 Å². The fraction of sp³-hybridized carbons (Fsp3) is 0.542. The number of piperazine rings is 1. The number of rotatable bonds is 3. The average Bonchev–Trinajstić information content (AvgIpc) is 2.78. The lowest BCUT2D eigenvalue weighted by atomic mass is 9.92. The molecule has 0 radical (unpaired) electrons. The number of amides is 2. The van der Waals surface area contributed by atoms with Crippen molar-refractivity contribution in [1.82, 2.24) is 20.4 Å². The van der Waals surface area contributed by atoms with Crippen LogP contribution in [0.5, 0.6) is 0 Å². The Hall–Kier alpha value is -2.84. The number of halogens is 3. The molecule has 2 fully saturated rings.